The van der Waals surface area contributed by atoms with E-state index in [0.29, 0.717) is 12.3 Å². The Labute approximate surface area is 120 Å². The van der Waals surface area contributed by atoms with Crippen LogP contribution in [0, 0.1) is 0 Å². The van der Waals surface area contributed by atoms with Crippen LogP contribution in [-0.4, -0.2) is 11.3 Å². The molecule has 2 aromatic rings. The summed E-state index contributed by atoms with van der Waals surface area (Å²) in [6, 6.07) is 4.41. The molecule has 22 heavy (non-hydrogen) atoms. The van der Waals surface area contributed by atoms with Crippen LogP contribution >= 0.6 is 0 Å². The van der Waals surface area contributed by atoms with Gasteiger partial charge >= 0.3 is 12.4 Å². The Morgan fingerprint density at radius 2 is 1.55 bits per heavy atom. The monoisotopic (exact) mass is 319 g/mol. The molecule has 2 nitrogen and oxygen atoms in total. The fraction of sp³-hybridized carbons (Fsp3) is 0.143. The fourth-order valence-corrected chi connectivity index (χ4v) is 1.81. The van der Waals surface area contributed by atoms with Crippen molar-refractivity contribution in [2.75, 3.05) is 0 Å². The molecule has 2 rings (SSSR count). The summed E-state index contributed by atoms with van der Waals surface area (Å²) in [5.74, 6) is 0. The molecule has 0 radical (unpaired) electrons. The molecule has 0 saturated carbocycles. The van der Waals surface area contributed by atoms with E-state index in [2.05, 4.69) is 4.98 Å². The molecule has 1 heterocycles. The largest absolute Gasteiger partial charge is 0.417 e. The van der Waals surface area contributed by atoms with Gasteiger partial charge in [-0.3, -0.25) is 9.78 Å². The number of hydrogen-bond donors (Lipinski definition) is 0. The minimum Gasteiger partial charge on any atom is -0.298 e. The van der Waals surface area contributed by atoms with Crippen LogP contribution in [0.2, 0.25) is 0 Å². The summed E-state index contributed by atoms with van der Waals surface area (Å²) in [5, 5.41) is 0. The van der Waals surface area contributed by atoms with Crippen LogP contribution in [0.5, 0.6) is 0 Å². The zero-order valence-electron chi connectivity index (χ0n) is 10.7. The third kappa shape index (κ3) is 3.26. The smallest absolute Gasteiger partial charge is 0.298 e. The van der Waals surface area contributed by atoms with Gasteiger partial charge in [0.25, 0.3) is 0 Å². The molecule has 0 N–H and O–H groups in total. The molecule has 0 fully saturated rings. The number of hydrogen-bond acceptors (Lipinski definition) is 2. The highest BCUT2D eigenvalue weighted by Crippen LogP contribution is 2.34. The predicted octanol–water partition coefficient (Wildman–Crippen LogP) is 4.60. The highest BCUT2D eigenvalue weighted by atomic mass is 19.4. The minimum atomic E-state index is -4.70. The van der Waals surface area contributed by atoms with Gasteiger partial charge in [-0.15, -0.1) is 0 Å². The molecule has 0 atom stereocenters. The molecule has 0 spiro atoms. The Morgan fingerprint density at radius 3 is 2.09 bits per heavy atom. The number of halogens is 6. The van der Waals surface area contributed by atoms with Crippen molar-refractivity contribution < 1.29 is 31.1 Å². The first-order valence-electron chi connectivity index (χ1n) is 5.83. The van der Waals surface area contributed by atoms with Crippen LogP contribution < -0.4 is 0 Å². The molecule has 0 unspecified atom stereocenters. The lowest BCUT2D eigenvalue weighted by Crippen LogP contribution is -2.08. The summed E-state index contributed by atoms with van der Waals surface area (Å²) < 4.78 is 75.6. The SMILES string of the molecule is O=Cc1cc(C(F)(F)F)cnc1-c1cccc(C(F)(F)F)c1. The molecule has 0 aliphatic heterocycles. The van der Waals surface area contributed by atoms with Gasteiger partial charge in [0.2, 0.25) is 0 Å². The molecular weight excluding hydrogens is 312 g/mol. The zero-order valence-corrected chi connectivity index (χ0v) is 10.7. The Morgan fingerprint density at radius 1 is 0.909 bits per heavy atom. The summed E-state index contributed by atoms with van der Waals surface area (Å²) in [5.41, 5.74) is -2.90. The standard InChI is InChI=1S/C14H7F6NO/c15-13(16,17)10-3-1-2-8(4-10)12-9(7-22)5-11(6-21-12)14(18,19)20/h1-7H. The van der Waals surface area contributed by atoms with Crippen LogP contribution in [0.15, 0.2) is 36.5 Å². The molecule has 1 aromatic carbocycles. The lowest BCUT2D eigenvalue weighted by Gasteiger charge is -2.11. The summed E-state index contributed by atoms with van der Waals surface area (Å²) in [4.78, 5) is 14.4. The lowest BCUT2D eigenvalue weighted by molar-refractivity contribution is -0.138. The van der Waals surface area contributed by atoms with Gasteiger partial charge in [-0.05, 0) is 18.2 Å². The van der Waals surface area contributed by atoms with E-state index in [0.717, 1.165) is 18.2 Å². The van der Waals surface area contributed by atoms with Crippen molar-refractivity contribution in [3.05, 3.63) is 53.2 Å². The second kappa shape index (κ2) is 5.43. The number of aromatic nitrogens is 1. The van der Waals surface area contributed by atoms with E-state index in [9.17, 15) is 31.1 Å². The maximum Gasteiger partial charge on any atom is 0.417 e. The van der Waals surface area contributed by atoms with Crippen LogP contribution in [0.1, 0.15) is 21.5 Å². The number of alkyl halides is 6. The Balaban J connectivity index is 2.56. The second-order valence-corrected chi connectivity index (χ2v) is 4.36. The van der Waals surface area contributed by atoms with Crippen molar-refractivity contribution in [1.29, 1.82) is 0 Å². The molecule has 0 amide bonds. The normalized spacial score (nSPS) is 12.3. The van der Waals surface area contributed by atoms with Crippen molar-refractivity contribution in [2.24, 2.45) is 0 Å². The number of aldehydes is 1. The van der Waals surface area contributed by atoms with Crippen LogP contribution in [0.3, 0.4) is 0 Å². The Kier molecular flexibility index (Phi) is 3.95. The molecule has 8 heteroatoms. The van der Waals surface area contributed by atoms with Gasteiger partial charge < -0.3 is 0 Å². The Hall–Kier alpha value is -2.38. The van der Waals surface area contributed by atoms with Gasteiger partial charge in [0.05, 0.1) is 16.8 Å². The van der Waals surface area contributed by atoms with Gasteiger partial charge in [-0.1, -0.05) is 12.1 Å². The van der Waals surface area contributed by atoms with Gasteiger partial charge in [0, 0.05) is 17.3 Å². The lowest BCUT2D eigenvalue weighted by atomic mass is 10.0. The number of carbonyl (C=O) groups excluding carboxylic acids is 1. The predicted molar refractivity (Wildman–Crippen MR) is 65.1 cm³/mol. The van der Waals surface area contributed by atoms with E-state index >= 15 is 0 Å². The van der Waals surface area contributed by atoms with Crippen molar-refractivity contribution in [3.8, 4) is 11.3 Å². The second-order valence-electron chi connectivity index (χ2n) is 4.36. The summed E-state index contributed by atoms with van der Waals surface area (Å²) in [6.45, 7) is 0. The number of nitrogens with zero attached hydrogens (tertiary/aromatic N) is 1. The number of pyridine rings is 1. The van der Waals surface area contributed by atoms with E-state index in [1.54, 1.807) is 0 Å². The van der Waals surface area contributed by atoms with Gasteiger partial charge in [-0.25, -0.2) is 0 Å². The molecule has 0 saturated heterocycles. The average Bonchev–Trinajstić information content (AvgIpc) is 2.45. The fourth-order valence-electron chi connectivity index (χ4n) is 1.81. The van der Waals surface area contributed by atoms with E-state index in [4.69, 9.17) is 0 Å². The molecule has 116 valence electrons. The quantitative estimate of drug-likeness (QED) is 0.598. The van der Waals surface area contributed by atoms with Crippen LogP contribution in [0.4, 0.5) is 26.3 Å². The molecule has 0 aliphatic carbocycles. The van der Waals surface area contributed by atoms with Crippen LogP contribution in [0.25, 0.3) is 11.3 Å². The number of rotatable bonds is 2. The minimum absolute atomic E-state index is 0.0920. The zero-order chi connectivity index (χ0) is 16.5. The van der Waals surface area contributed by atoms with Crippen molar-refractivity contribution in [1.82, 2.24) is 4.98 Å². The van der Waals surface area contributed by atoms with Gasteiger partial charge in [0.1, 0.15) is 0 Å². The summed E-state index contributed by atoms with van der Waals surface area (Å²) in [6.07, 6.45) is -8.71. The number of carbonyl (C=O) groups is 1. The van der Waals surface area contributed by atoms with Gasteiger partial charge in [0.15, 0.2) is 6.29 Å². The molecular formula is C14H7F6NO. The first-order valence-corrected chi connectivity index (χ1v) is 5.83. The number of benzene rings is 1. The first-order chi connectivity index (χ1) is 10.1. The van der Waals surface area contributed by atoms with Crippen molar-refractivity contribution in [3.63, 3.8) is 0 Å². The molecule has 1 aromatic heterocycles. The topological polar surface area (TPSA) is 30.0 Å². The highest BCUT2D eigenvalue weighted by Gasteiger charge is 2.33. The van der Waals surface area contributed by atoms with Crippen molar-refractivity contribution in [2.45, 2.75) is 12.4 Å². The summed E-state index contributed by atoms with van der Waals surface area (Å²) in [7, 11) is 0. The van der Waals surface area contributed by atoms with E-state index < -0.39 is 29.0 Å². The molecule has 0 bridgehead atoms. The first kappa shape index (κ1) is 16.0. The van der Waals surface area contributed by atoms with Crippen molar-refractivity contribution >= 4 is 6.29 Å². The Bertz CT molecular complexity index is 705. The maximum absolute atomic E-state index is 12.6. The maximum atomic E-state index is 12.6. The van der Waals surface area contributed by atoms with Gasteiger partial charge in [-0.2, -0.15) is 26.3 Å². The van der Waals surface area contributed by atoms with Crippen LogP contribution in [-0.2, 0) is 12.4 Å². The van der Waals surface area contributed by atoms with E-state index in [1.807, 2.05) is 0 Å². The highest BCUT2D eigenvalue weighted by molar-refractivity contribution is 5.86. The third-order valence-electron chi connectivity index (χ3n) is 2.83. The molecule has 0 aliphatic rings. The average molecular weight is 319 g/mol. The third-order valence-corrected chi connectivity index (χ3v) is 2.83. The summed E-state index contributed by atoms with van der Waals surface area (Å²) >= 11 is 0. The van der Waals surface area contributed by atoms with E-state index in [1.165, 1.54) is 6.07 Å². The van der Waals surface area contributed by atoms with E-state index in [-0.39, 0.29) is 17.5 Å².